The minimum absolute atomic E-state index is 0.132. The average molecular weight is 321 g/mol. The third-order valence-electron chi connectivity index (χ3n) is 2.86. The van der Waals surface area contributed by atoms with Gasteiger partial charge in [-0.25, -0.2) is 0 Å². The number of carbonyl (C=O) groups is 1. The second-order valence-electron chi connectivity index (χ2n) is 5.92. The molecule has 0 aliphatic carbocycles. The van der Waals surface area contributed by atoms with Crippen molar-refractivity contribution >= 4 is 23.0 Å². The van der Waals surface area contributed by atoms with E-state index in [-0.39, 0.29) is 17.2 Å². The van der Waals surface area contributed by atoms with Crippen LogP contribution in [-0.4, -0.2) is 21.3 Å². The molecule has 10 nitrogen and oxygen atoms in total. The standard InChI is InChI=1S/C13H15N5O5/c1-13(2,3)16-12(19)10(18(22)23)11-14-8-5-4-7(17(20)21)6-9(8)15-11/h4-6,14-15H,1-3H3,(H,16,19)/b11-10-. The normalized spacial score (nSPS) is 15.1. The van der Waals surface area contributed by atoms with Gasteiger partial charge in [-0.05, 0) is 26.8 Å². The van der Waals surface area contributed by atoms with Gasteiger partial charge in [0.25, 0.3) is 5.69 Å². The van der Waals surface area contributed by atoms with E-state index in [0.717, 1.165) is 0 Å². The molecule has 23 heavy (non-hydrogen) atoms. The van der Waals surface area contributed by atoms with Crippen molar-refractivity contribution in [2.24, 2.45) is 0 Å². The van der Waals surface area contributed by atoms with Crippen LogP contribution in [0.25, 0.3) is 0 Å². The highest BCUT2D eigenvalue weighted by Crippen LogP contribution is 2.34. The highest BCUT2D eigenvalue weighted by molar-refractivity contribution is 5.95. The van der Waals surface area contributed by atoms with Crippen molar-refractivity contribution in [3.8, 4) is 0 Å². The molecule has 10 heteroatoms. The lowest BCUT2D eigenvalue weighted by atomic mass is 10.1. The topological polar surface area (TPSA) is 139 Å². The second kappa shape index (κ2) is 5.55. The number of rotatable bonds is 3. The lowest BCUT2D eigenvalue weighted by Gasteiger charge is -2.19. The molecule has 0 aromatic heterocycles. The fourth-order valence-corrected chi connectivity index (χ4v) is 1.96. The molecule has 1 amide bonds. The van der Waals surface area contributed by atoms with Crippen molar-refractivity contribution in [3.63, 3.8) is 0 Å². The van der Waals surface area contributed by atoms with E-state index in [1.54, 1.807) is 20.8 Å². The number of nitro groups is 2. The number of nitro benzene ring substituents is 1. The van der Waals surface area contributed by atoms with E-state index in [4.69, 9.17) is 0 Å². The van der Waals surface area contributed by atoms with E-state index in [0.29, 0.717) is 5.69 Å². The molecular weight excluding hydrogens is 306 g/mol. The van der Waals surface area contributed by atoms with E-state index < -0.39 is 27.0 Å². The summed E-state index contributed by atoms with van der Waals surface area (Å²) >= 11 is 0. The Morgan fingerprint density at radius 1 is 1.13 bits per heavy atom. The van der Waals surface area contributed by atoms with Crippen molar-refractivity contribution in [3.05, 3.63) is 49.9 Å². The molecule has 122 valence electrons. The van der Waals surface area contributed by atoms with Gasteiger partial charge in [0, 0.05) is 17.7 Å². The van der Waals surface area contributed by atoms with Gasteiger partial charge in [-0.1, -0.05) is 0 Å². The third kappa shape index (κ3) is 3.54. The molecule has 0 saturated carbocycles. The van der Waals surface area contributed by atoms with Crippen LogP contribution < -0.4 is 16.0 Å². The molecule has 1 heterocycles. The molecule has 0 spiro atoms. The van der Waals surface area contributed by atoms with Gasteiger partial charge < -0.3 is 16.0 Å². The molecule has 1 aliphatic heterocycles. The smallest absolute Gasteiger partial charge is 0.342 e. The Hall–Kier alpha value is -3.17. The number of non-ortho nitro benzene ring substituents is 1. The monoisotopic (exact) mass is 321 g/mol. The van der Waals surface area contributed by atoms with Gasteiger partial charge in [-0.15, -0.1) is 0 Å². The minimum Gasteiger partial charge on any atom is -0.342 e. The van der Waals surface area contributed by atoms with Crippen LogP contribution in [0.4, 0.5) is 17.1 Å². The number of benzene rings is 1. The number of hydrogen-bond donors (Lipinski definition) is 3. The van der Waals surface area contributed by atoms with E-state index in [2.05, 4.69) is 16.0 Å². The number of anilines is 2. The van der Waals surface area contributed by atoms with Gasteiger partial charge >= 0.3 is 11.6 Å². The zero-order chi connectivity index (χ0) is 17.4. The van der Waals surface area contributed by atoms with Crippen LogP contribution in [0.5, 0.6) is 0 Å². The largest absolute Gasteiger partial charge is 0.373 e. The number of nitrogens with zero attached hydrogens (tertiary/aromatic N) is 2. The molecule has 1 aromatic carbocycles. The number of amides is 1. The van der Waals surface area contributed by atoms with Crippen molar-refractivity contribution in [2.75, 3.05) is 10.6 Å². The Kier molecular flexibility index (Phi) is 3.91. The molecular formula is C13H15N5O5. The number of carbonyl (C=O) groups excluding carboxylic acids is 1. The van der Waals surface area contributed by atoms with Crippen LogP contribution in [0.2, 0.25) is 0 Å². The predicted molar refractivity (Wildman–Crippen MR) is 82.3 cm³/mol. The highest BCUT2D eigenvalue weighted by Gasteiger charge is 2.34. The second-order valence-corrected chi connectivity index (χ2v) is 5.92. The van der Waals surface area contributed by atoms with Crippen LogP contribution in [0, 0.1) is 20.2 Å². The van der Waals surface area contributed by atoms with Crippen LogP contribution in [-0.2, 0) is 4.79 Å². The third-order valence-corrected chi connectivity index (χ3v) is 2.86. The number of fused-ring (bicyclic) bond motifs is 1. The molecule has 0 radical (unpaired) electrons. The first kappa shape index (κ1) is 16.2. The van der Waals surface area contributed by atoms with Gasteiger partial charge in [0.1, 0.15) is 0 Å². The van der Waals surface area contributed by atoms with E-state index >= 15 is 0 Å². The molecule has 2 rings (SSSR count). The summed E-state index contributed by atoms with van der Waals surface area (Å²) in [6, 6.07) is 3.90. The summed E-state index contributed by atoms with van der Waals surface area (Å²) in [6.07, 6.45) is 0. The van der Waals surface area contributed by atoms with E-state index in [1.807, 2.05) is 0 Å². The molecule has 0 atom stereocenters. The van der Waals surface area contributed by atoms with Gasteiger partial charge in [-0.3, -0.25) is 25.0 Å². The molecule has 0 unspecified atom stereocenters. The maximum Gasteiger partial charge on any atom is 0.373 e. The summed E-state index contributed by atoms with van der Waals surface area (Å²) in [5.74, 6) is -0.993. The average Bonchev–Trinajstić information content (AvgIpc) is 2.77. The minimum atomic E-state index is -0.861. The fraction of sp³-hybridized carbons (Fsp3) is 0.308. The van der Waals surface area contributed by atoms with E-state index in [9.17, 15) is 25.0 Å². The van der Waals surface area contributed by atoms with Crippen LogP contribution >= 0.6 is 0 Å². The zero-order valence-electron chi connectivity index (χ0n) is 12.7. The lowest BCUT2D eigenvalue weighted by Crippen LogP contribution is -2.43. The van der Waals surface area contributed by atoms with Gasteiger partial charge in [0.15, 0.2) is 5.82 Å². The predicted octanol–water partition coefficient (Wildman–Crippen LogP) is 1.79. The van der Waals surface area contributed by atoms with Gasteiger partial charge in [0.05, 0.1) is 21.2 Å². The maximum absolute atomic E-state index is 12.1. The van der Waals surface area contributed by atoms with Crippen LogP contribution in [0.15, 0.2) is 29.7 Å². The summed E-state index contributed by atoms with van der Waals surface area (Å²) < 4.78 is 0. The molecule has 3 N–H and O–H groups in total. The molecule has 1 aliphatic rings. The Morgan fingerprint density at radius 3 is 2.26 bits per heavy atom. The highest BCUT2D eigenvalue weighted by atomic mass is 16.6. The SMILES string of the molecule is CC(C)(C)NC(=O)/C(=C1\Nc2ccc([N+](=O)[O-])cc2N1)[N+](=O)[O-]. The van der Waals surface area contributed by atoms with E-state index in [1.165, 1.54) is 18.2 Å². The van der Waals surface area contributed by atoms with Crippen molar-refractivity contribution < 1.29 is 14.6 Å². The first-order chi connectivity index (χ1) is 10.6. The molecule has 0 fully saturated rings. The summed E-state index contributed by atoms with van der Waals surface area (Å²) in [5, 5.41) is 29.8. The Balaban J connectivity index is 2.38. The van der Waals surface area contributed by atoms with Crippen molar-refractivity contribution in [2.45, 2.75) is 26.3 Å². The van der Waals surface area contributed by atoms with Crippen molar-refractivity contribution in [1.29, 1.82) is 0 Å². The zero-order valence-corrected chi connectivity index (χ0v) is 12.7. The summed E-state index contributed by atoms with van der Waals surface area (Å²) in [6.45, 7) is 5.09. The first-order valence-electron chi connectivity index (χ1n) is 6.62. The fourth-order valence-electron chi connectivity index (χ4n) is 1.96. The maximum atomic E-state index is 12.1. The molecule has 1 aromatic rings. The van der Waals surface area contributed by atoms with Crippen LogP contribution in [0.1, 0.15) is 20.8 Å². The Labute approximate surface area is 130 Å². The Morgan fingerprint density at radius 2 is 1.74 bits per heavy atom. The summed E-state index contributed by atoms with van der Waals surface area (Å²) in [5.41, 5.74) is -0.811. The molecule has 0 saturated heterocycles. The quantitative estimate of drug-likeness (QED) is 0.438. The molecule has 0 bridgehead atoms. The van der Waals surface area contributed by atoms with Gasteiger partial charge in [0.2, 0.25) is 0 Å². The van der Waals surface area contributed by atoms with Crippen molar-refractivity contribution in [1.82, 2.24) is 5.32 Å². The summed E-state index contributed by atoms with van der Waals surface area (Å²) in [7, 11) is 0. The number of nitrogens with one attached hydrogen (secondary N) is 3. The Bertz CT molecular complexity index is 735. The van der Waals surface area contributed by atoms with Crippen LogP contribution in [0.3, 0.4) is 0 Å². The lowest BCUT2D eigenvalue weighted by molar-refractivity contribution is -0.420. The number of hydrogen-bond acceptors (Lipinski definition) is 7. The van der Waals surface area contributed by atoms with Gasteiger partial charge in [-0.2, -0.15) is 0 Å². The summed E-state index contributed by atoms with van der Waals surface area (Å²) in [4.78, 5) is 32.7. The first-order valence-corrected chi connectivity index (χ1v) is 6.62.